The van der Waals surface area contributed by atoms with E-state index in [0.717, 1.165) is 13.1 Å². The minimum absolute atomic E-state index is 0.0388. The summed E-state index contributed by atoms with van der Waals surface area (Å²) in [5.74, 6) is 0. The lowest BCUT2D eigenvalue weighted by molar-refractivity contribution is 0.0304. The quantitative estimate of drug-likeness (QED) is 0.779. The number of nitrogens with zero attached hydrogens (tertiary/aromatic N) is 1. The summed E-state index contributed by atoms with van der Waals surface area (Å²) in [6.07, 6.45) is 2.50. The summed E-state index contributed by atoms with van der Waals surface area (Å²) in [5, 5.41) is 20.9. The minimum Gasteiger partial charge on any atom is -0.396 e. The number of aliphatic hydroxyl groups excluding tert-OH is 2. The molecule has 1 aliphatic rings. The van der Waals surface area contributed by atoms with Gasteiger partial charge in [-0.25, -0.2) is 0 Å². The molecule has 0 radical (unpaired) electrons. The van der Waals surface area contributed by atoms with E-state index in [-0.39, 0.29) is 18.6 Å². The summed E-state index contributed by atoms with van der Waals surface area (Å²) in [7, 11) is 0. The van der Waals surface area contributed by atoms with Crippen molar-refractivity contribution in [1.82, 2.24) is 4.90 Å². The van der Waals surface area contributed by atoms with E-state index in [4.69, 9.17) is 0 Å². The summed E-state index contributed by atoms with van der Waals surface area (Å²) in [4.78, 5) is 3.76. The summed E-state index contributed by atoms with van der Waals surface area (Å²) < 4.78 is 0. The van der Waals surface area contributed by atoms with Crippen LogP contribution in [0, 0.1) is 5.41 Å². The van der Waals surface area contributed by atoms with Gasteiger partial charge in [0.2, 0.25) is 0 Å². The van der Waals surface area contributed by atoms with Crippen molar-refractivity contribution in [3.8, 4) is 0 Å². The van der Waals surface area contributed by atoms with Crippen LogP contribution >= 0.6 is 11.3 Å². The van der Waals surface area contributed by atoms with Crippen LogP contribution in [-0.4, -0.2) is 40.9 Å². The Morgan fingerprint density at radius 3 is 2.59 bits per heavy atom. The second-order valence-corrected chi connectivity index (χ2v) is 6.37. The van der Waals surface area contributed by atoms with Crippen molar-refractivity contribution in [2.45, 2.75) is 32.4 Å². The van der Waals surface area contributed by atoms with E-state index in [0.29, 0.717) is 6.04 Å². The zero-order valence-electron chi connectivity index (χ0n) is 10.3. The van der Waals surface area contributed by atoms with Crippen LogP contribution in [-0.2, 0) is 6.54 Å². The van der Waals surface area contributed by atoms with Gasteiger partial charge < -0.3 is 10.2 Å². The highest BCUT2D eigenvalue weighted by Gasteiger charge is 2.34. The van der Waals surface area contributed by atoms with E-state index in [1.54, 1.807) is 11.3 Å². The molecule has 3 nitrogen and oxygen atoms in total. The van der Waals surface area contributed by atoms with Crippen LogP contribution in [0.15, 0.2) is 17.5 Å². The van der Waals surface area contributed by atoms with E-state index < -0.39 is 0 Å². The molecule has 4 heteroatoms. The maximum atomic E-state index is 9.38. The maximum absolute atomic E-state index is 9.38. The monoisotopic (exact) mass is 255 g/mol. The van der Waals surface area contributed by atoms with Crippen molar-refractivity contribution in [1.29, 1.82) is 0 Å². The summed E-state index contributed by atoms with van der Waals surface area (Å²) in [6, 6.07) is 4.87. The number of hydrogen-bond acceptors (Lipinski definition) is 4. The molecule has 1 aromatic heterocycles. The number of hydrogen-bond donors (Lipinski definition) is 2. The molecule has 1 aromatic rings. The first-order valence-corrected chi connectivity index (χ1v) is 7.03. The van der Waals surface area contributed by atoms with Gasteiger partial charge in [0.1, 0.15) is 0 Å². The van der Waals surface area contributed by atoms with Gasteiger partial charge in [0.25, 0.3) is 0 Å². The zero-order valence-corrected chi connectivity index (χ0v) is 11.1. The van der Waals surface area contributed by atoms with Crippen molar-refractivity contribution >= 4 is 11.3 Å². The topological polar surface area (TPSA) is 43.7 Å². The molecule has 0 spiro atoms. The molecule has 2 rings (SSSR count). The number of thiophene rings is 1. The van der Waals surface area contributed by atoms with Crippen LogP contribution in [0.3, 0.4) is 0 Å². The van der Waals surface area contributed by atoms with Gasteiger partial charge in [0.15, 0.2) is 0 Å². The molecule has 0 saturated heterocycles. The molecule has 0 bridgehead atoms. The molecule has 0 unspecified atom stereocenters. The fourth-order valence-corrected chi connectivity index (χ4v) is 2.73. The number of rotatable bonds is 7. The second-order valence-electron chi connectivity index (χ2n) is 5.34. The van der Waals surface area contributed by atoms with Gasteiger partial charge in [0, 0.05) is 29.4 Å². The van der Waals surface area contributed by atoms with Gasteiger partial charge in [-0.3, -0.25) is 4.90 Å². The van der Waals surface area contributed by atoms with Crippen LogP contribution < -0.4 is 0 Å². The van der Waals surface area contributed by atoms with Gasteiger partial charge in [0.05, 0.1) is 13.2 Å². The Bertz CT molecular complexity index is 331. The van der Waals surface area contributed by atoms with Crippen LogP contribution in [0.5, 0.6) is 0 Å². The standard InChI is InChI=1S/C13H21NO2S/c1-13(9-15,10-16)8-14(11-4-5-11)7-12-3-2-6-17-12/h2-3,6,11,15-16H,4-5,7-10H2,1H3. The van der Waals surface area contributed by atoms with E-state index in [1.807, 2.05) is 6.92 Å². The molecule has 1 fully saturated rings. The van der Waals surface area contributed by atoms with Gasteiger partial charge in [-0.1, -0.05) is 13.0 Å². The molecule has 1 aliphatic carbocycles. The molecular weight excluding hydrogens is 234 g/mol. The Morgan fingerprint density at radius 2 is 2.12 bits per heavy atom. The molecule has 0 amide bonds. The van der Waals surface area contributed by atoms with Gasteiger partial charge in [-0.15, -0.1) is 11.3 Å². The Hall–Kier alpha value is -0.420. The SMILES string of the molecule is CC(CO)(CO)CN(Cc1cccs1)C1CC1. The molecule has 2 N–H and O–H groups in total. The largest absolute Gasteiger partial charge is 0.396 e. The Labute approximate surface area is 107 Å². The lowest BCUT2D eigenvalue weighted by Gasteiger charge is -2.32. The third-order valence-corrected chi connectivity index (χ3v) is 4.21. The van der Waals surface area contributed by atoms with Crippen LogP contribution in [0.1, 0.15) is 24.6 Å². The Balaban J connectivity index is 1.97. The predicted molar refractivity (Wildman–Crippen MR) is 70.0 cm³/mol. The van der Waals surface area contributed by atoms with Crippen molar-refractivity contribution in [3.63, 3.8) is 0 Å². The van der Waals surface area contributed by atoms with E-state index in [1.165, 1.54) is 17.7 Å². The van der Waals surface area contributed by atoms with Crippen molar-refractivity contribution in [2.75, 3.05) is 19.8 Å². The van der Waals surface area contributed by atoms with Crippen LogP contribution in [0.4, 0.5) is 0 Å². The fraction of sp³-hybridized carbons (Fsp3) is 0.692. The highest BCUT2D eigenvalue weighted by Crippen LogP contribution is 2.32. The second kappa shape index (κ2) is 5.48. The Kier molecular flexibility index (Phi) is 4.20. The molecule has 1 heterocycles. The van der Waals surface area contributed by atoms with Gasteiger partial charge in [-0.2, -0.15) is 0 Å². The highest BCUT2D eigenvalue weighted by molar-refractivity contribution is 7.09. The first-order valence-electron chi connectivity index (χ1n) is 6.15. The minimum atomic E-state index is -0.389. The van der Waals surface area contributed by atoms with Gasteiger partial charge >= 0.3 is 0 Å². The zero-order chi connectivity index (χ0) is 12.3. The fourth-order valence-electron chi connectivity index (χ4n) is 2.00. The van der Waals surface area contributed by atoms with Crippen molar-refractivity contribution < 1.29 is 10.2 Å². The third kappa shape index (κ3) is 3.52. The molecule has 96 valence electrons. The van der Waals surface area contributed by atoms with Crippen molar-refractivity contribution in [3.05, 3.63) is 22.4 Å². The molecule has 17 heavy (non-hydrogen) atoms. The average Bonchev–Trinajstić information content (AvgIpc) is 3.07. The molecule has 1 saturated carbocycles. The van der Waals surface area contributed by atoms with Crippen LogP contribution in [0.2, 0.25) is 0 Å². The number of aliphatic hydroxyl groups is 2. The van der Waals surface area contributed by atoms with E-state index in [2.05, 4.69) is 22.4 Å². The normalized spacial score (nSPS) is 16.7. The summed E-state index contributed by atoms with van der Waals surface area (Å²) in [6.45, 7) is 3.73. The molecule has 0 atom stereocenters. The summed E-state index contributed by atoms with van der Waals surface area (Å²) >= 11 is 1.77. The Morgan fingerprint density at radius 1 is 1.41 bits per heavy atom. The summed E-state index contributed by atoms with van der Waals surface area (Å²) in [5.41, 5.74) is -0.389. The third-order valence-electron chi connectivity index (χ3n) is 3.35. The highest BCUT2D eigenvalue weighted by atomic mass is 32.1. The predicted octanol–water partition coefficient (Wildman–Crippen LogP) is 1.70. The average molecular weight is 255 g/mol. The molecule has 0 aromatic carbocycles. The van der Waals surface area contributed by atoms with Gasteiger partial charge in [-0.05, 0) is 24.3 Å². The first-order chi connectivity index (χ1) is 8.17. The smallest absolute Gasteiger partial charge is 0.0519 e. The maximum Gasteiger partial charge on any atom is 0.0519 e. The van der Waals surface area contributed by atoms with E-state index in [9.17, 15) is 10.2 Å². The molecular formula is C13H21NO2S. The van der Waals surface area contributed by atoms with Crippen molar-refractivity contribution in [2.24, 2.45) is 5.41 Å². The lowest BCUT2D eigenvalue weighted by atomic mass is 9.92. The molecule has 0 aliphatic heterocycles. The first kappa shape index (κ1) is 13.0. The van der Waals surface area contributed by atoms with Crippen LogP contribution in [0.25, 0.3) is 0 Å². The van der Waals surface area contributed by atoms with E-state index >= 15 is 0 Å². The lowest BCUT2D eigenvalue weighted by Crippen LogP contribution is -2.41.